The lowest BCUT2D eigenvalue weighted by atomic mass is 10.0. The summed E-state index contributed by atoms with van der Waals surface area (Å²) >= 11 is 1.42. The molecule has 0 radical (unpaired) electrons. The first-order valence-corrected chi connectivity index (χ1v) is 23.4. The van der Waals surface area contributed by atoms with Crippen LogP contribution in [-0.4, -0.2) is 66.7 Å². The number of alkyl carbamates (subject to hydrolysis) is 1. The highest BCUT2D eigenvalue weighted by Gasteiger charge is 2.26. The van der Waals surface area contributed by atoms with Crippen LogP contribution < -0.4 is 16.0 Å². The van der Waals surface area contributed by atoms with Crippen LogP contribution in [0.4, 0.5) is 4.79 Å². The van der Waals surface area contributed by atoms with Crippen molar-refractivity contribution in [1.29, 1.82) is 0 Å². The molecule has 3 amide bonds. The zero-order chi connectivity index (χ0) is 40.1. The molecule has 2 atom stereocenters. The molecule has 0 aliphatic rings. The molecule has 10 heteroatoms. The van der Waals surface area contributed by atoms with Gasteiger partial charge in [-0.25, -0.2) is 9.59 Å². The molecule has 0 aliphatic carbocycles. The monoisotopic (exact) mass is 784 g/mol. The summed E-state index contributed by atoms with van der Waals surface area (Å²) in [6.45, 7) is 10.1. The molecular formula is C44H85N3O6S. The lowest BCUT2D eigenvalue weighted by molar-refractivity contribution is -0.142. The van der Waals surface area contributed by atoms with Gasteiger partial charge >= 0.3 is 12.1 Å². The second kappa shape index (κ2) is 36.7. The average Bonchev–Trinajstić information content (AvgIpc) is 3.12. The molecule has 0 fully saturated rings. The van der Waals surface area contributed by atoms with Crippen molar-refractivity contribution in [2.24, 2.45) is 0 Å². The normalized spacial score (nSPS) is 12.6. The maximum atomic E-state index is 13.0. The predicted octanol–water partition coefficient (Wildman–Crippen LogP) is 11.3. The number of amides is 3. The number of carbonyl (C=O) groups is 4. The molecule has 0 unspecified atom stereocenters. The molecule has 3 N–H and O–H groups in total. The molecule has 0 spiro atoms. The molecule has 0 saturated heterocycles. The van der Waals surface area contributed by atoms with Crippen LogP contribution in [0.15, 0.2) is 0 Å². The van der Waals surface area contributed by atoms with E-state index in [1.54, 1.807) is 20.8 Å². The summed E-state index contributed by atoms with van der Waals surface area (Å²) in [5.41, 5.74) is -0.703. The van der Waals surface area contributed by atoms with Crippen molar-refractivity contribution in [3.8, 4) is 0 Å². The Kier molecular flexibility index (Phi) is 35.3. The second-order valence-corrected chi connectivity index (χ2v) is 17.4. The summed E-state index contributed by atoms with van der Waals surface area (Å²) in [6, 6.07) is -1.21. The maximum Gasteiger partial charge on any atom is 0.408 e. The van der Waals surface area contributed by atoms with Gasteiger partial charge in [0.05, 0.1) is 13.2 Å². The molecule has 0 aromatic rings. The van der Waals surface area contributed by atoms with E-state index in [9.17, 15) is 19.2 Å². The minimum atomic E-state index is -0.901. The van der Waals surface area contributed by atoms with Crippen LogP contribution in [0.3, 0.4) is 0 Å². The molecule has 0 aliphatic heterocycles. The summed E-state index contributed by atoms with van der Waals surface area (Å²) in [7, 11) is 1.28. The smallest absolute Gasteiger partial charge is 0.408 e. The number of hydrogen-bond acceptors (Lipinski definition) is 7. The van der Waals surface area contributed by atoms with Crippen molar-refractivity contribution in [2.45, 2.75) is 232 Å². The van der Waals surface area contributed by atoms with Crippen molar-refractivity contribution in [2.75, 3.05) is 25.2 Å². The van der Waals surface area contributed by atoms with E-state index >= 15 is 0 Å². The number of esters is 1. The Morgan fingerprint density at radius 2 is 0.926 bits per heavy atom. The van der Waals surface area contributed by atoms with Crippen molar-refractivity contribution < 1.29 is 28.7 Å². The van der Waals surface area contributed by atoms with Gasteiger partial charge in [-0.05, 0) is 33.6 Å². The predicted molar refractivity (Wildman–Crippen MR) is 228 cm³/mol. The van der Waals surface area contributed by atoms with Crippen molar-refractivity contribution in [3.63, 3.8) is 0 Å². The Hall–Kier alpha value is -1.97. The number of unbranched alkanes of at least 4 members (excludes halogenated alkanes) is 24. The van der Waals surface area contributed by atoms with Crippen molar-refractivity contribution in [1.82, 2.24) is 16.0 Å². The van der Waals surface area contributed by atoms with Gasteiger partial charge < -0.3 is 25.4 Å². The zero-order valence-electron chi connectivity index (χ0n) is 35.9. The molecule has 54 heavy (non-hydrogen) atoms. The van der Waals surface area contributed by atoms with Gasteiger partial charge in [-0.2, -0.15) is 11.8 Å². The summed E-state index contributed by atoms with van der Waals surface area (Å²) in [6.07, 6.45) is 33.0. The molecule has 0 bridgehead atoms. The number of hydrogen-bond donors (Lipinski definition) is 3. The van der Waals surface area contributed by atoms with Crippen molar-refractivity contribution >= 4 is 35.6 Å². The van der Waals surface area contributed by atoms with Crippen LogP contribution in [0.1, 0.15) is 214 Å². The number of nitrogens with one attached hydrogen (secondary N) is 3. The highest BCUT2D eigenvalue weighted by Crippen LogP contribution is 2.15. The lowest BCUT2D eigenvalue weighted by Crippen LogP contribution is -2.47. The number of ether oxygens (including phenoxy) is 2. The third-order valence-electron chi connectivity index (χ3n) is 9.71. The van der Waals surface area contributed by atoms with E-state index in [-0.39, 0.29) is 23.6 Å². The molecule has 0 heterocycles. The largest absolute Gasteiger partial charge is 0.467 e. The minimum Gasteiger partial charge on any atom is -0.467 e. The van der Waals surface area contributed by atoms with E-state index in [0.717, 1.165) is 38.5 Å². The first-order valence-electron chi connectivity index (χ1n) is 22.2. The van der Waals surface area contributed by atoms with E-state index < -0.39 is 23.7 Å². The number of thioether (sulfide) groups is 1. The van der Waals surface area contributed by atoms with E-state index in [1.807, 2.05) is 0 Å². The van der Waals surface area contributed by atoms with E-state index in [4.69, 9.17) is 9.47 Å². The van der Waals surface area contributed by atoms with Crippen LogP contribution in [-0.2, 0) is 23.9 Å². The van der Waals surface area contributed by atoms with Crippen LogP contribution >= 0.6 is 11.8 Å². The maximum absolute atomic E-state index is 13.0. The quantitative estimate of drug-likeness (QED) is 0.0423. The van der Waals surface area contributed by atoms with Gasteiger partial charge in [0.1, 0.15) is 11.6 Å². The van der Waals surface area contributed by atoms with Crippen LogP contribution in [0.5, 0.6) is 0 Å². The van der Waals surface area contributed by atoms with Gasteiger partial charge in [0.15, 0.2) is 0 Å². The molecule has 0 aromatic carbocycles. The van der Waals surface area contributed by atoms with E-state index in [2.05, 4.69) is 29.8 Å². The first-order chi connectivity index (χ1) is 26.0. The fourth-order valence-electron chi connectivity index (χ4n) is 6.47. The van der Waals surface area contributed by atoms with Gasteiger partial charge in [0, 0.05) is 30.9 Å². The minimum absolute atomic E-state index is 0.00200. The Labute approximate surface area is 336 Å². The number of carbonyl (C=O) groups excluding carboxylic acids is 4. The Morgan fingerprint density at radius 1 is 0.537 bits per heavy atom. The SMILES string of the molecule is CCCCCCCCCCCCCCCC(=O)NC[C@H](CSC[C@H](NC(=O)OC(C)(C)C)C(=O)OC)NC(=O)CCCCCCCCCCCCCCC. The molecule has 0 saturated carbocycles. The Balaban J connectivity index is 4.63. The summed E-state index contributed by atoms with van der Waals surface area (Å²) in [5, 5.41) is 8.75. The van der Waals surface area contributed by atoms with Gasteiger partial charge in [-0.1, -0.05) is 168 Å². The lowest BCUT2D eigenvalue weighted by Gasteiger charge is -2.23. The third-order valence-corrected chi connectivity index (χ3v) is 10.9. The first kappa shape index (κ1) is 52.0. The zero-order valence-corrected chi connectivity index (χ0v) is 36.7. The van der Waals surface area contributed by atoms with Gasteiger partial charge in [-0.15, -0.1) is 0 Å². The molecule has 318 valence electrons. The molecule has 9 nitrogen and oxygen atoms in total. The summed E-state index contributed by atoms with van der Waals surface area (Å²) in [4.78, 5) is 50.5. The average molecular weight is 784 g/mol. The topological polar surface area (TPSA) is 123 Å². The van der Waals surface area contributed by atoms with Crippen LogP contribution in [0.25, 0.3) is 0 Å². The fourth-order valence-corrected chi connectivity index (χ4v) is 7.55. The van der Waals surface area contributed by atoms with Gasteiger partial charge in [0.25, 0.3) is 0 Å². The van der Waals surface area contributed by atoms with Gasteiger partial charge in [-0.3, -0.25) is 9.59 Å². The Morgan fingerprint density at radius 3 is 1.31 bits per heavy atom. The Bertz CT molecular complexity index is 928. The molecule has 0 rings (SSSR count). The summed E-state index contributed by atoms with van der Waals surface area (Å²) in [5.74, 6) is 0.114. The van der Waals surface area contributed by atoms with E-state index in [1.165, 1.54) is 147 Å². The van der Waals surface area contributed by atoms with Gasteiger partial charge in [0.2, 0.25) is 11.8 Å². The number of rotatable bonds is 37. The van der Waals surface area contributed by atoms with Crippen LogP contribution in [0, 0.1) is 0 Å². The molecule has 0 aromatic heterocycles. The third kappa shape index (κ3) is 35.7. The van der Waals surface area contributed by atoms with Crippen LogP contribution in [0.2, 0.25) is 0 Å². The molecular weight excluding hydrogens is 699 g/mol. The van der Waals surface area contributed by atoms with Crippen molar-refractivity contribution in [3.05, 3.63) is 0 Å². The fraction of sp³-hybridized carbons (Fsp3) is 0.909. The number of methoxy groups -OCH3 is 1. The highest BCUT2D eigenvalue weighted by atomic mass is 32.2. The standard InChI is InChI=1S/C44H85N3O6S/c1-7-9-11-13-15-17-19-21-23-25-27-29-31-33-40(48)45-35-38(36-54-37-39(42(50)52-6)47-43(51)53-44(3,4)5)46-41(49)34-32-30-28-26-24-22-20-18-16-14-12-10-8-2/h38-39H,7-37H2,1-6H3,(H,45,48)(H,46,49)(H,47,51)/t38-,39+/m1/s1. The highest BCUT2D eigenvalue weighted by molar-refractivity contribution is 7.99. The van der Waals surface area contributed by atoms with E-state index in [0.29, 0.717) is 25.1 Å². The summed E-state index contributed by atoms with van der Waals surface area (Å²) < 4.78 is 10.2. The second-order valence-electron chi connectivity index (χ2n) is 16.3.